The number of Topliss-reactive ketones (excluding diaryl/α,β-unsaturated/α-hetero) is 2. The number of hydrogen-bond acceptors (Lipinski definition) is 3. The molecule has 0 aliphatic heterocycles. The van der Waals surface area contributed by atoms with Crippen LogP contribution < -0.4 is 0 Å². The number of rotatable bonds is 7. The van der Waals surface area contributed by atoms with E-state index in [2.05, 4.69) is 26.0 Å². The Morgan fingerprint density at radius 1 is 1.03 bits per heavy atom. The molecule has 0 aromatic heterocycles. The van der Waals surface area contributed by atoms with Gasteiger partial charge in [-0.3, -0.25) is 9.59 Å². The summed E-state index contributed by atoms with van der Waals surface area (Å²) in [7, 11) is 0. The Morgan fingerprint density at radius 2 is 1.61 bits per heavy atom. The Hall–Kier alpha value is -1.82. The quantitative estimate of drug-likeness (QED) is 0.398. The first-order valence-electron chi connectivity index (χ1n) is 11.8. The second kappa shape index (κ2) is 10.6. The molecule has 2 unspecified atom stereocenters. The van der Waals surface area contributed by atoms with Gasteiger partial charge in [-0.1, -0.05) is 56.7 Å². The first-order chi connectivity index (χ1) is 15.5. The number of benzene rings is 1. The second-order valence-electron chi connectivity index (χ2n) is 9.31. The predicted octanol–water partition coefficient (Wildman–Crippen LogP) is 6.94. The highest BCUT2D eigenvalue weighted by molar-refractivity contribution is 8.00. The van der Waals surface area contributed by atoms with Gasteiger partial charge in [0.2, 0.25) is 0 Å². The Balaban J connectivity index is 1.61. The molecule has 1 aromatic carbocycles. The summed E-state index contributed by atoms with van der Waals surface area (Å²) < 4.78 is 38.7. The molecule has 0 radical (unpaired) electrons. The third kappa shape index (κ3) is 6.00. The number of carbonyl (C=O) groups is 2. The van der Waals surface area contributed by atoms with Gasteiger partial charge in [0.1, 0.15) is 17.5 Å². The molecule has 180 valence electrons. The average Bonchev–Trinajstić information content (AvgIpc) is 2.74. The van der Waals surface area contributed by atoms with Crippen molar-refractivity contribution in [3.8, 4) is 0 Å². The third-order valence-corrected chi connectivity index (χ3v) is 8.20. The molecule has 1 saturated carbocycles. The molecule has 0 amide bonds. The number of alkyl halides is 3. The molecule has 1 aromatic rings. The third-order valence-electron chi connectivity index (χ3n) is 6.76. The first-order valence-corrected chi connectivity index (χ1v) is 12.9. The molecule has 0 N–H and O–H groups in total. The Bertz CT molecular complexity index is 918. The van der Waals surface area contributed by atoms with Crippen LogP contribution in [0.4, 0.5) is 13.2 Å². The van der Waals surface area contributed by atoms with Gasteiger partial charge in [-0.25, -0.2) is 0 Å². The molecule has 33 heavy (non-hydrogen) atoms. The van der Waals surface area contributed by atoms with Gasteiger partial charge < -0.3 is 0 Å². The summed E-state index contributed by atoms with van der Waals surface area (Å²) in [4.78, 5) is 26.3. The zero-order chi connectivity index (χ0) is 24.3. The minimum Gasteiger partial charge on any atom is -0.299 e. The van der Waals surface area contributed by atoms with Crippen molar-refractivity contribution < 1.29 is 22.8 Å². The van der Waals surface area contributed by atoms with E-state index in [9.17, 15) is 22.8 Å². The van der Waals surface area contributed by atoms with Crippen molar-refractivity contribution in [3.63, 3.8) is 0 Å². The van der Waals surface area contributed by atoms with E-state index >= 15 is 0 Å². The summed E-state index contributed by atoms with van der Waals surface area (Å²) in [6, 6.07) is 4.19. The number of aryl methyl sites for hydroxylation is 3. The predicted molar refractivity (Wildman–Crippen MR) is 129 cm³/mol. The molecule has 0 saturated heterocycles. The zero-order valence-electron chi connectivity index (χ0n) is 19.8. The van der Waals surface area contributed by atoms with Gasteiger partial charge in [0.25, 0.3) is 0 Å². The van der Waals surface area contributed by atoms with Crippen LogP contribution in [-0.2, 0) is 22.4 Å². The summed E-state index contributed by atoms with van der Waals surface area (Å²) in [5.41, 5.74) is 3.69. The molecule has 2 aliphatic carbocycles. The van der Waals surface area contributed by atoms with Crippen LogP contribution in [0.3, 0.4) is 0 Å². The number of allylic oxidation sites excluding steroid dienone is 3. The van der Waals surface area contributed by atoms with Gasteiger partial charge in [0.05, 0.1) is 5.57 Å². The molecule has 6 heteroatoms. The summed E-state index contributed by atoms with van der Waals surface area (Å²) in [6.45, 7) is 7.96. The maximum atomic E-state index is 13.1. The molecule has 1 fully saturated rings. The lowest BCUT2D eigenvalue weighted by molar-refractivity contribution is -0.133. The van der Waals surface area contributed by atoms with Gasteiger partial charge in [0.15, 0.2) is 0 Å². The Kier molecular flexibility index (Phi) is 8.31. The van der Waals surface area contributed by atoms with Crippen LogP contribution in [0.25, 0.3) is 0 Å². The zero-order valence-corrected chi connectivity index (χ0v) is 20.6. The van der Waals surface area contributed by atoms with Crippen molar-refractivity contribution in [3.05, 3.63) is 58.2 Å². The van der Waals surface area contributed by atoms with Crippen molar-refractivity contribution in [2.75, 3.05) is 5.75 Å². The summed E-state index contributed by atoms with van der Waals surface area (Å²) in [6.07, 6.45) is 2.85. The van der Waals surface area contributed by atoms with Crippen molar-refractivity contribution in [1.82, 2.24) is 0 Å². The summed E-state index contributed by atoms with van der Waals surface area (Å²) in [5, 5.41) is -0.0226. The number of hydrogen-bond donors (Lipinski definition) is 0. The second-order valence-corrected chi connectivity index (χ2v) is 10.6. The lowest BCUT2D eigenvalue weighted by atomic mass is 9.73. The van der Waals surface area contributed by atoms with Crippen molar-refractivity contribution >= 4 is 23.3 Å². The fourth-order valence-electron chi connectivity index (χ4n) is 5.07. The number of thioether (sulfide) groups is 1. The summed E-state index contributed by atoms with van der Waals surface area (Å²) >= 11 is 1.60. The Labute approximate surface area is 199 Å². The normalized spacial score (nSPS) is 26.0. The maximum Gasteiger partial charge on any atom is 0.416 e. The van der Waals surface area contributed by atoms with Gasteiger partial charge in [-0.2, -0.15) is 24.9 Å². The van der Waals surface area contributed by atoms with Crippen LogP contribution >= 0.6 is 11.8 Å². The smallest absolute Gasteiger partial charge is 0.299 e. The lowest BCUT2D eigenvalue weighted by Gasteiger charge is -2.30. The monoisotopic (exact) mass is 478 g/mol. The van der Waals surface area contributed by atoms with E-state index in [-0.39, 0.29) is 28.7 Å². The molecule has 0 bridgehead atoms. The topological polar surface area (TPSA) is 34.1 Å². The van der Waals surface area contributed by atoms with E-state index < -0.39 is 17.7 Å². The van der Waals surface area contributed by atoms with Crippen LogP contribution in [0.2, 0.25) is 0 Å². The number of ketones is 2. The molecule has 3 rings (SSSR count). The van der Waals surface area contributed by atoms with E-state index in [4.69, 9.17) is 0 Å². The van der Waals surface area contributed by atoms with E-state index in [1.165, 1.54) is 6.08 Å². The van der Waals surface area contributed by atoms with Gasteiger partial charge in [-0.05, 0) is 60.5 Å². The lowest BCUT2D eigenvalue weighted by Crippen LogP contribution is -2.33. The minimum absolute atomic E-state index is 0.0122. The molecule has 2 nitrogen and oxygen atoms in total. The number of halogens is 3. The fourth-order valence-corrected chi connectivity index (χ4v) is 6.38. The van der Waals surface area contributed by atoms with Crippen LogP contribution in [0.5, 0.6) is 0 Å². The van der Waals surface area contributed by atoms with Crippen molar-refractivity contribution in [1.29, 1.82) is 0 Å². The van der Waals surface area contributed by atoms with Crippen LogP contribution in [-0.4, -0.2) is 28.7 Å². The Morgan fingerprint density at radius 3 is 2.09 bits per heavy atom. The molecule has 2 aliphatic rings. The van der Waals surface area contributed by atoms with E-state index in [1.54, 1.807) is 24.8 Å². The van der Waals surface area contributed by atoms with Gasteiger partial charge >= 0.3 is 6.18 Å². The first kappa shape index (κ1) is 25.8. The van der Waals surface area contributed by atoms with Crippen molar-refractivity contribution in [2.45, 2.75) is 77.1 Å². The molecule has 0 spiro atoms. The van der Waals surface area contributed by atoms with E-state index in [0.717, 1.165) is 53.3 Å². The van der Waals surface area contributed by atoms with Crippen LogP contribution in [0, 0.1) is 18.8 Å². The molecule has 2 atom stereocenters. The van der Waals surface area contributed by atoms with E-state index in [0.29, 0.717) is 12.8 Å². The van der Waals surface area contributed by atoms with Crippen LogP contribution in [0.15, 0.2) is 35.9 Å². The maximum absolute atomic E-state index is 13.1. The average molecular weight is 479 g/mol. The van der Waals surface area contributed by atoms with Gasteiger partial charge in [0, 0.05) is 18.1 Å². The minimum atomic E-state index is -4.31. The standard InChI is InChI=1S/C27H33F3O2S/c1-5-19-11-16(3)12-20(6-2)25(19)26-22(31)14-18(15-23(26)32)9-10-33-24-8-7-21(13-17(24)4)27(28,29)30/h7-8,11-13,17-18,24,26H,5-6,9-10,14-15H2,1-4H3. The highest BCUT2D eigenvalue weighted by Gasteiger charge is 2.38. The van der Waals surface area contributed by atoms with Crippen LogP contribution in [0.1, 0.15) is 68.2 Å². The molecular formula is C27H33F3O2S. The SMILES string of the molecule is CCc1cc(C)cc(CC)c1C1C(=O)CC(CCSC2C=CC(C(F)(F)F)=CC2C)CC1=O. The number of carbonyl (C=O) groups excluding carboxylic acids is 2. The van der Waals surface area contributed by atoms with E-state index in [1.807, 2.05) is 6.92 Å². The highest BCUT2D eigenvalue weighted by Crippen LogP contribution is 2.39. The van der Waals surface area contributed by atoms with Crippen molar-refractivity contribution in [2.24, 2.45) is 11.8 Å². The largest absolute Gasteiger partial charge is 0.416 e. The molecule has 0 heterocycles. The highest BCUT2D eigenvalue weighted by atomic mass is 32.2. The van der Waals surface area contributed by atoms with Gasteiger partial charge in [-0.15, -0.1) is 0 Å². The fraction of sp³-hybridized carbons (Fsp3) is 0.556. The molecular weight excluding hydrogens is 445 g/mol. The summed E-state index contributed by atoms with van der Waals surface area (Å²) in [5.74, 6) is -0.103.